The average molecular weight is 535 g/mol. The van der Waals surface area contributed by atoms with Gasteiger partial charge in [0.25, 0.3) is 0 Å². The Morgan fingerprint density at radius 2 is 1.57 bits per heavy atom. The molecule has 37 heavy (non-hydrogen) atoms. The van der Waals surface area contributed by atoms with Gasteiger partial charge in [-0.3, -0.25) is 4.79 Å². The second-order valence-corrected chi connectivity index (χ2v) is 9.75. The lowest BCUT2D eigenvalue weighted by Crippen LogP contribution is -2.30. The zero-order valence-electron chi connectivity index (χ0n) is 22.4. The van der Waals surface area contributed by atoms with Crippen LogP contribution in [0.15, 0.2) is 12.1 Å². The van der Waals surface area contributed by atoms with Crippen LogP contribution in [-0.2, 0) is 4.79 Å². The zero-order valence-corrected chi connectivity index (χ0v) is 23.2. The van der Waals surface area contributed by atoms with Gasteiger partial charge in [-0.1, -0.05) is 19.3 Å². The van der Waals surface area contributed by atoms with E-state index in [1.54, 1.807) is 14.2 Å². The quantitative estimate of drug-likeness (QED) is 0.199. The van der Waals surface area contributed by atoms with Gasteiger partial charge < -0.3 is 30.3 Å². The van der Waals surface area contributed by atoms with Crippen LogP contribution in [0.2, 0.25) is 0 Å². The molecule has 1 fully saturated rings. The molecule has 0 spiro atoms. The first kappa shape index (κ1) is 29.0. The molecule has 9 nitrogen and oxygen atoms in total. The lowest BCUT2D eigenvalue weighted by atomic mass is 10.1. The van der Waals surface area contributed by atoms with Gasteiger partial charge in [0.05, 0.1) is 19.7 Å². The number of piperidine rings is 1. The number of halogens is 1. The smallest absolute Gasteiger partial charge is 0.234 e. The minimum absolute atomic E-state index is 0.00813. The maximum Gasteiger partial charge on any atom is 0.234 e. The van der Waals surface area contributed by atoms with Crippen molar-refractivity contribution in [2.24, 2.45) is 0 Å². The third-order valence-corrected chi connectivity index (χ3v) is 6.92. The van der Waals surface area contributed by atoms with E-state index in [2.05, 4.69) is 20.9 Å². The summed E-state index contributed by atoms with van der Waals surface area (Å²) < 4.78 is 11.0. The van der Waals surface area contributed by atoms with Crippen molar-refractivity contribution >= 4 is 40.2 Å². The highest BCUT2D eigenvalue weighted by Gasteiger charge is 2.13. The lowest BCUT2D eigenvalue weighted by molar-refractivity contribution is -0.118. The van der Waals surface area contributed by atoms with E-state index >= 15 is 0 Å². The number of carbonyl (C=O) groups is 1. The van der Waals surface area contributed by atoms with E-state index < -0.39 is 0 Å². The van der Waals surface area contributed by atoms with Gasteiger partial charge in [-0.2, -0.15) is 4.98 Å². The number of benzene rings is 1. The maximum atomic E-state index is 11.2. The van der Waals surface area contributed by atoms with E-state index in [4.69, 9.17) is 31.0 Å². The van der Waals surface area contributed by atoms with Crippen LogP contribution in [0.5, 0.6) is 11.5 Å². The molecule has 0 aliphatic carbocycles. The number of ether oxygens (including phenoxy) is 2. The Labute approximate surface area is 226 Å². The van der Waals surface area contributed by atoms with Gasteiger partial charge in [-0.05, 0) is 64.2 Å². The molecule has 0 bridgehead atoms. The van der Waals surface area contributed by atoms with Crippen molar-refractivity contribution in [3.63, 3.8) is 0 Å². The number of aromatic nitrogens is 2. The molecule has 2 heterocycles. The molecule has 0 radical (unpaired) electrons. The van der Waals surface area contributed by atoms with Gasteiger partial charge in [-0.15, -0.1) is 11.6 Å². The van der Waals surface area contributed by atoms with Crippen molar-refractivity contribution < 1.29 is 14.3 Å². The number of amides is 1. The molecule has 2 aromatic rings. The number of carbonyl (C=O) groups excluding carboxylic acids is 1. The highest BCUT2D eigenvalue weighted by molar-refractivity contribution is 6.27. The molecule has 3 N–H and O–H groups in total. The Bertz CT molecular complexity index is 971. The molecule has 1 aliphatic heterocycles. The fourth-order valence-corrected chi connectivity index (χ4v) is 4.69. The number of hydrogen-bond acceptors (Lipinski definition) is 8. The molecule has 0 atom stereocenters. The van der Waals surface area contributed by atoms with Gasteiger partial charge in [0.1, 0.15) is 11.7 Å². The summed E-state index contributed by atoms with van der Waals surface area (Å²) >= 11 is 5.51. The Morgan fingerprint density at radius 3 is 2.32 bits per heavy atom. The van der Waals surface area contributed by atoms with Crippen LogP contribution in [-0.4, -0.2) is 80.1 Å². The SMILES string of the molecule is COc1cc2nc(NCCCCNC(=O)CCl)nc(NCCCCCCN3CCCCC3)c2cc1OC. The van der Waals surface area contributed by atoms with Gasteiger partial charge in [0.2, 0.25) is 11.9 Å². The highest BCUT2D eigenvalue weighted by atomic mass is 35.5. The topological polar surface area (TPSA) is 101 Å². The van der Waals surface area contributed by atoms with Crippen LogP contribution in [0.1, 0.15) is 57.8 Å². The number of fused-ring (bicyclic) bond motifs is 1. The first-order valence-electron chi connectivity index (χ1n) is 13.6. The number of likely N-dealkylation sites (tertiary alicyclic amines) is 1. The van der Waals surface area contributed by atoms with Gasteiger partial charge in [0, 0.05) is 31.1 Å². The van der Waals surface area contributed by atoms with Crippen LogP contribution >= 0.6 is 11.6 Å². The molecule has 1 aromatic heterocycles. The molecule has 3 rings (SSSR count). The maximum absolute atomic E-state index is 11.2. The fraction of sp³-hybridized carbons (Fsp3) is 0.667. The van der Waals surface area contributed by atoms with E-state index in [1.165, 1.54) is 58.2 Å². The minimum atomic E-state index is -0.144. The van der Waals surface area contributed by atoms with Crippen molar-refractivity contribution in [1.82, 2.24) is 20.2 Å². The van der Waals surface area contributed by atoms with E-state index in [0.717, 1.165) is 42.5 Å². The minimum Gasteiger partial charge on any atom is -0.493 e. The van der Waals surface area contributed by atoms with Gasteiger partial charge in [0.15, 0.2) is 11.5 Å². The Hall–Kier alpha value is -2.52. The third-order valence-electron chi connectivity index (χ3n) is 6.67. The number of unbranched alkanes of at least 4 members (excludes halogenated alkanes) is 4. The number of rotatable bonds is 17. The van der Waals surface area contributed by atoms with Crippen LogP contribution in [0.4, 0.5) is 11.8 Å². The number of anilines is 2. The van der Waals surface area contributed by atoms with E-state index in [1.807, 2.05) is 12.1 Å². The lowest BCUT2D eigenvalue weighted by Gasteiger charge is -2.26. The predicted molar refractivity (Wildman–Crippen MR) is 151 cm³/mol. The predicted octanol–water partition coefficient (Wildman–Crippen LogP) is 4.65. The summed E-state index contributed by atoms with van der Waals surface area (Å²) in [4.78, 5) is 23.3. The van der Waals surface area contributed by atoms with Gasteiger partial charge in [-0.25, -0.2) is 4.98 Å². The summed E-state index contributed by atoms with van der Waals surface area (Å²) in [5.41, 5.74) is 0.786. The van der Waals surface area contributed by atoms with E-state index in [-0.39, 0.29) is 11.8 Å². The summed E-state index contributed by atoms with van der Waals surface area (Å²) in [6, 6.07) is 3.81. The molecule has 1 amide bonds. The number of hydrogen-bond donors (Lipinski definition) is 3. The Balaban J connectivity index is 1.53. The van der Waals surface area contributed by atoms with Crippen LogP contribution in [0.3, 0.4) is 0 Å². The molecule has 1 aromatic carbocycles. The monoisotopic (exact) mass is 534 g/mol. The Morgan fingerprint density at radius 1 is 0.892 bits per heavy atom. The largest absolute Gasteiger partial charge is 0.493 e. The number of nitrogens with one attached hydrogen (secondary N) is 3. The normalized spacial score (nSPS) is 13.9. The van der Waals surface area contributed by atoms with Crippen LogP contribution in [0.25, 0.3) is 10.9 Å². The zero-order chi connectivity index (χ0) is 26.3. The van der Waals surface area contributed by atoms with E-state index in [9.17, 15) is 4.79 Å². The Kier molecular flexibility index (Phi) is 12.8. The average Bonchev–Trinajstić information content (AvgIpc) is 2.93. The van der Waals surface area contributed by atoms with Crippen molar-refractivity contribution in [1.29, 1.82) is 0 Å². The summed E-state index contributed by atoms with van der Waals surface area (Å²) in [5.74, 6) is 2.49. The number of alkyl halides is 1. The van der Waals surface area contributed by atoms with Crippen LogP contribution in [0, 0.1) is 0 Å². The molecule has 10 heteroatoms. The standard InChI is InChI=1S/C27H43ClN6O3/c1-36-23-18-21-22(19-24(23)37-2)32-27(31-14-8-7-12-29-25(35)20-28)33-26(21)30-13-6-3-4-9-15-34-16-10-5-11-17-34/h18-19H,3-17,20H2,1-2H3,(H,29,35)(H2,30,31,32,33). The number of methoxy groups -OCH3 is 2. The molecule has 0 unspecified atom stereocenters. The molecule has 206 valence electrons. The van der Waals surface area contributed by atoms with Crippen LogP contribution < -0.4 is 25.4 Å². The summed E-state index contributed by atoms with van der Waals surface area (Å²) in [6.45, 7) is 5.94. The number of nitrogens with zero attached hydrogens (tertiary/aromatic N) is 3. The summed E-state index contributed by atoms with van der Waals surface area (Å²) in [5, 5.41) is 10.5. The fourth-order valence-electron chi connectivity index (χ4n) is 4.60. The van der Waals surface area contributed by atoms with Crippen molar-refractivity contribution in [3.8, 4) is 11.5 Å². The van der Waals surface area contributed by atoms with Crippen molar-refractivity contribution in [2.45, 2.75) is 57.8 Å². The van der Waals surface area contributed by atoms with Gasteiger partial charge >= 0.3 is 0 Å². The molecular weight excluding hydrogens is 492 g/mol. The molecule has 0 saturated carbocycles. The van der Waals surface area contributed by atoms with Crippen molar-refractivity contribution in [2.75, 3.05) is 70.0 Å². The van der Waals surface area contributed by atoms with Crippen molar-refractivity contribution in [3.05, 3.63) is 12.1 Å². The first-order chi connectivity index (χ1) is 18.1. The first-order valence-corrected chi connectivity index (χ1v) is 14.1. The van der Waals surface area contributed by atoms with E-state index in [0.29, 0.717) is 30.5 Å². The second-order valence-electron chi connectivity index (χ2n) is 9.48. The second kappa shape index (κ2) is 16.3. The summed E-state index contributed by atoms with van der Waals surface area (Å²) in [7, 11) is 3.25. The molecule has 1 saturated heterocycles. The molecule has 1 aliphatic rings. The molecular formula is C27H43ClN6O3. The summed E-state index contributed by atoms with van der Waals surface area (Å²) in [6.07, 6.45) is 10.6. The third kappa shape index (κ3) is 9.70. The highest BCUT2D eigenvalue weighted by Crippen LogP contribution is 2.34.